The highest BCUT2D eigenvalue weighted by Crippen LogP contribution is 2.15. The smallest absolute Gasteiger partial charge is 0.194 e. The molecule has 0 aromatic heterocycles. The Kier molecular flexibility index (Phi) is 7.01. The average Bonchev–Trinajstić information content (AvgIpc) is 2.39. The summed E-state index contributed by atoms with van der Waals surface area (Å²) < 4.78 is 5.42. The van der Waals surface area contributed by atoms with Crippen LogP contribution in [0.25, 0.3) is 0 Å². The van der Waals surface area contributed by atoms with Gasteiger partial charge in [-0.3, -0.25) is 4.79 Å². The molecule has 0 saturated heterocycles. The van der Waals surface area contributed by atoms with Gasteiger partial charge in [0, 0.05) is 0 Å². The van der Waals surface area contributed by atoms with E-state index < -0.39 is 6.10 Å². The van der Waals surface area contributed by atoms with Crippen molar-refractivity contribution in [2.24, 2.45) is 5.92 Å². The molecule has 0 aliphatic carbocycles. The number of ether oxygens (including phenoxy) is 1. The maximum Gasteiger partial charge on any atom is 0.194 e. The molecule has 0 heterocycles. The SMILES string of the molecule is CCSC(=O)[C@@H](C)[C@H](O)COCc1ccccc1. The number of aliphatic hydroxyl groups is 1. The molecule has 0 unspecified atom stereocenters. The first kappa shape index (κ1) is 15.2. The minimum atomic E-state index is -0.736. The van der Waals surface area contributed by atoms with Crippen molar-refractivity contribution in [3.8, 4) is 0 Å². The Hall–Kier alpha value is -0.840. The van der Waals surface area contributed by atoms with Crippen molar-refractivity contribution in [1.29, 1.82) is 0 Å². The summed E-state index contributed by atoms with van der Waals surface area (Å²) in [5, 5.41) is 9.86. The van der Waals surface area contributed by atoms with Crippen LogP contribution in [0.4, 0.5) is 0 Å². The van der Waals surface area contributed by atoms with Crippen molar-refractivity contribution in [1.82, 2.24) is 0 Å². The zero-order chi connectivity index (χ0) is 13.4. The number of carbonyl (C=O) groups is 1. The van der Waals surface area contributed by atoms with Crippen LogP contribution in [-0.2, 0) is 16.1 Å². The van der Waals surface area contributed by atoms with Crippen molar-refractivity contribution in [3.63, 3.8) is 0 Å². The number of carbonyl (C=O) groups excluding carboxylic acids is 1. The summed E-state index contributed by atoms with van der Waals surface area (Å²) >= 11 is 1.24. The number of hydrogen-bond donors (Lipinski definition) is 1. The van der Waals surface area contributed by atoms with E-state index in [9.17, 15) is 9.90 Å². The van der Waals surface area contributed by atoms with Crippen LogP contribution in [0.1, 0.15) is 19.4 Å². The highest BCUT2D eigenvalue weighted by Gasteiger charge is 2.21. The molecule has 1 N–H and O–H groups in total. The highest BCUT2D eigenvalue weighted by atomic mass is 32.2. The lowest BCUT2D eigenvalue weighted by Crippen LogP contribution is -2.28. The number of aliphatic hydroxyl groups excluding tert-OH is 1. The molecule has 4 heteroatoms. The summed E-state index contributed by atoms with van der Waals surface area (Å²) in [7, 11) is 0. The highest BCUT2D eigenvalue weighted by molar-refractivity contribution is 8.13. The number of thioether (sulfide) groups is 1. The Labute approximate surface area is 113 Å². The van der Waals surface area contributed by atoms with Gasteiger partial charge in [0.15, 0.2) is 5.12 Å². The normalized spacial score (nSPS) is 14.2. The second kappa shape index (κ2) is 8.29. The maximum absolute atomic E-state index is 11.6. The van der Waals surface area contributed by atoms with E-state index in [1.54, 1.807) is 6.92 Å². The lowest BCUT2D eigenvalue weighted by molar-refractivity contribution is -0.118. The molecule has 1 aromatic carbocycles. The van der Waals surface area contributed by atoms with Gasteiger partial charge in [0.05, 0.1) is 25.2 Å². The number of hydrogen-bond acceptors (Lipinski definition) is 4. The van der Waals surface area contributed by atoms with E-state index in [-0.39, 0.29) is 17.6 Å². The van der Waals surface area contributed by atoms with Crippen LogP contribution in [0.2, 0.25) is 0 Å². The summed E-state index contributed by atoms with van der Waals surface area (Å²) in [6, 6.07) is 9.77. The van der Waals surface area contributed by atoms with Crippen molar-refractivity contribution in [2.75, 3.05) is 12.4 Å². The van der Waals surface area contributed by atoms with Gasteiger partial charge in [-0.25, -0.2) is 0 Å². The van der Waals surface area contributed by atoms with E-state index >= 15 is 0 Å². The Morgan fingerprint density at radius 2 is 2.06 bits per heavy atom. The third kappa shape index (κ3) is 5.21. The van der Waals surface area contributed by atoms with Gasteiger partial charge in [-0.05, 0) is 11.3 Å². The van der Waals surface area contributed by atoms with Crippen molar-refractivity contribution in [3.05, 3.63) is 35.9 Å². The summed E-state index contributed by atoms with van der Waals surface area (Å²) in [5.74, 6) is 0.353. The van der Waals surface area contributed by atoms with E-state index in [1.165, 1.54) is 11.8 Å². The van der Waals surface area contributed by atoms with Gasteiger partial charge in [-0.15, -0.1) is 0 Å². The zero-order valence-electron chi connectivity index (χ0n) is 10.8. The quantitative estimate of drug-likeness (QED) is 0.825. The first-order chi connectivity index (χ1) is 8.65. The Morgan fingerprint density at radius 3 is 2.67 bits per heavy atom. The van der Waals surface area contributed by atoms with Gasteiger partial charge < -0.3 is 9.84 Å². The van der Waals surface area contributed by atoms with Gasteiger partial charge in [0.2, 0.25) is 0 Å². The van der Waals surface area contributed by atoms with E-state index in [1.807, 2.05) is 37.3 Å². The molecule has 0 fully saturated rings. The molecule has 0 aliphatic rings. The molecule has 0 saturated carbocycles. The second-order valence-electron chi connectivity index (χ2n) is 4.11. The molecular formula is C14H20O3S. The summed E-state index contributed by atoms with van der Waals surface area (Å²) in [4.78, 5) is 11.6. The first-order valence-corrected chi connectivity index (χ1v) is 7.10. The first-order valence-electron chi connectivity index (χ1n) is 6.11. The minimum absolute atomic E-state index is 0.0216. The van der Waals surface area contributed by atoms with Gasteiger partial charge in [-0.1, -0.05) is 55.9 Å². The van der Waals surface area contributed by atoms with E-state index in [4.69, 9.17) is 4.74 Å². The molecule has 2 atom stereocenters. The molecule has 3 nitrogen and oxygen atoms in total. The predicted octanol–water partition coefficient (Wildman–Crippen LogP) is 2.48. The fourth-order valence-corrected chi connectivity index (χ4v) is 2.15. The largest absolute Gasteiger partial charge is 0.390 e. The van der Waals surface area contributed by atoms with Gasteiger partial charge in [-0.2, -0.15) is 0 Å². The van der Waals surface area contributed by atoms with Crippen LogP contribution < -0.4 is 0 Å². The van der Waals surface area contributed by atoms with Gasteiger partial charge >= 0.3 is 0 Å². The van der Waals surface area contributed by atoms with Crippen LogP contribution in [-0.4, -0.2) is 28.7 Å². The van der Waals surface area contributed by atoms with Crippen molar-refractivity contribution in [2.45, 2.75) is 26.6 Å². The van der Waals surface area contributed by atoms with Crippen LogP contribution in [0.3, 0.4) is 0 Å². The van der Waals surface area contributed by atoms with Crippen molar-refractivity contribution >= 4 is 16.9 Å². The molecule has 100 valence electrons. The Balaban J connectivity index is 2.28. The molecule has 0 spiro atoms. The summed E-state index contributed by atoms with van der Waals surface area (Å²) in [6.07, 6.45) is -0.736. The average molecular weight is 268 g/mol. The van der Waals surface area contributed by atoms with Gasteiger partial charge in [0.25, 0.3) is 0 Å². The topological polar surface area (TPSA) is 46.5 Å². The van der Waals surface area contributed by atoms with E-state index in [2.05, 4.69) is 0 Å². The molecule has 1 rings (SSSR count). The number of rotatable bonds is 7. The van der Waals surface area contributed by atoms with Crippen LogP contribution >= 0.6 is 11.8 Å². The van der Waals surface area contributed by atoms with E-state index in [0.717, 1.165) is 11.3 Å². The zero-order valence-corrected chi connectivity index (χ0v) is 11.7. The third-order valence-corrected chi connectivity index (χ3v) is 3.58. The predicted molar refractivity (Wildman–Crippen MR) is 74.4 cm³/mol. The molecule has 0 aliphatic heterocycles. The number of benzene rings is 1. The van der Waals surface area contributed by atoms with Crippen LogP contribution in [0, 0.1) is 5.92 Å². The molecule has 1 aromatic rings. The van der Waals surface area contributed by atoms with Crippen LogP contribution in [0.5, 0.6) is 0 Å². The lowest BCUT2D eigenvalue weighted by atomic mass is 10.1. The Bertz CT molecular complexity index is 353. The molecule has 0 amide bonds. The summed E-state index contributed by atoms with van der Waals surface area (Å²) in [5.41, 5.74) is 1.06. The molecule has 0 radical (unpaired) electrons. The third-order valence-electron chi connectivity index (χ3n) is 2.64. The van der Waals surface area contributed by atoms with Crippen molar-refractivity contribution < 1.29 is 14.6 Å². The molecule has 0 bridgehead atoms. The standard InChI is InChI=1S/C14H20O3S/c1-3-18-14(16)11(2)13(15)10-17-9-12-7-5-4-6-8-12/h4-8,11,13,15H,3,9-10H2,1-2H3/t11-,13+/m0/s1. The Morgan fingerprint density at radius 1 is 1.39 bits per heavy atom. The molecular weight excluding hydrogens is 248 g/mol. The fourth-order valence-electron chi connectivity index (χ4n) is 1.45. The minimum Gasteiger partial charge on any atom is -0.390 e. The van der Waals surface area contributed by atoms with Crippen LogP contribution in [0.15, 0.2) is 30.3 Å². The maximum atomic E-state index is 11.6. The van der Waals surface area contributed by atoms with Gasteiger partial charge in [0.1, 0.15) is 0 Å². The second-order valence-corrected chi connectivity index (χ2v) is 5.38. The van der Waals surface area contributed by atoms with E-state index in [0.29, 0.717) is 6.61 Å². The summed E-state index contributed by atoms with van der Waals surface area (Å²) in [6.45, 7) is 4.31. The fraction of sp³-hybridized carbons (Fsp3) is 0.500. The lowest BCUT2D eigenvalue weighted by Gasteiger charge is -2.17. The molecule has 18 heavy (non-hydrogen) atoms. The monoisotopic (exact) mass is 268 g/mol.